The average Bonchev–Trinajstić information content (AvgIpc) is 3.57. The van der Waals surface area contributed by atoms with Gasteiger partial charge in [-0.2, -0.15) is 0 Å². The molecular formula is C28H32FN5O6S2. The molecule has 0 amide bonds. The lowest BCUT2D eigenvalue weighted by Crippen LogP contribution is -2.38. The molecule has 0 atom stereocenters. The van der Waals surface area contributed by atoms with Gasteiger partial charge >= 0.3 is 5.97 Å². The molecule has 0 unspecified atom stereocenters. The van der Waals surface area contributed by atoms with Crippen molar-refractivity contribution in [3.63, 3.8) is 0 Å². The summed E-state index contributed by atoms with van der Waals surface area (Å²) in [6.45, 7) is 5.84. The zero-order chi connectivity index (χ0) is 30.7. The van der Waals surface area contributed by atoms with E-state index in [9.17, 15) is 18.0 Å². The van der Waals surface area contributed by atoms with Gasteiger partial charge in [0.2, 0.25) is 0 Å². The summed E-state index contributed by atoms with van der Waals surface area (Å²) in [6, 6.07) is 10.1. The average molecular weight is 618 g/mol. The maximum Gasteiger partial charge on any atom is 0.360 e. The molecule has 0 radical (unpaired) electrons. The van der Waals surface area contributed by atoms with Gasteiger partial charge in [0.25, 0.3) is 10.0 Å². The number of carbonyl (C=O) groups is 2. The number of sulfonamides is 1. The molecule has 0 aliphatic carbocycles. The van der Waals surface area contributed by atoms with Crippen molar-refractivity contribution >= 4 is 44.1 Å². The number of halogens is 1. The van der Waals surface area contributed by atoms with Gasteiger partial charge in [0.15, 0.2) is 17.4 Å². The van der Waals surface area contributed by atoms with E-state index in [1.54, 1.807) is 49.9 Å². The fraction of sp³-hybridized carbons (Fsp3) is 0.357. The summed E-state index contributed by atoms with van der Waals surface area (Å²) in [6.07, 6.45) is -0.247. The number of ketones is 1. The highest BCUT2D eigenvalue weighted by Gasteiger charge is 2.33. The molecule has 2 aromatic carbocycles. The summed E-state index contributed by atoms with van der Waals surface area (Å²) in [7, 11) is -2.92. The van der Waals surface area contributed by atoms with E-state index in [1.165, 1.54) is 24.8 Å². The first kappa shape index (κ1) is 30.9. The number of methoxy groups -OCH3 is 1. The number of aromatic nitrogens is 1. The van der Waals surface area contributed by atoms with Crippen molar-refractivity contribution in [1.82, 2.24) is 9.88 Å². The second-order valence-corrected chi connectivity index (χ2v) is 13.2. The van der Waals surface area contributed by atoms with Crippen LogP contribution in [0.1, 0.15) is 42.4 Å². The van der Waals surface area contributed by atoms with Gasteiger partial charge in [-0.1, -0.05) is 18.2 Å². The van der Waals surface area contributed by atoms with E-state index < -0.39 is 27.4 Å². The molecule has 224 valence electrons. The molecule has 1 aromatic heterocycles. The number of hydrogen-bond donors (Lipinski definition) is 1. The Labute approximate surface area is 247 Å². The maximum absolute atomic E-state index is 15.2. The molecule has 2 heterocycles. The SMILES string of the molecule is COc1ccc(CN(c2scnc2C(=O)OC(C)(C)C)S(=O)(=O)c2ccc(CC(=O)CN3CCN=C3N)c(F)c2)cc1. The second-order valence-electron chi connectivity index (χ2n) is 10.5. The highest BCUT2D eigenvalue weighted by atomic mass is 32.2. The van der Waals surface area contributed by atoms with Crippen LogP contribution in [0.2, 0.25) is 0 Å². The van der Waals surface area contributed by atoms with Crippen LogP contribution >= 0.6 is 11.3 Å². The third-order valence-corrected chi connectivity index (χ3v) is 8.89. The first-order valence-electron chi connectivity index (χ1n) is 13.0. The molecule has 0 spiro atoms. The number of Topliss-reactive ketones (excluding diaryl/α,β-unsaturated/α-hetero) is 1. The van der Waals surface area contributed by atoms with Gasteiger partial charge in [-0.15, -0.1) is 11.3 Å². The molecule has 0 saturated heterocycles. The third-order valence-electron chi connectivity index (χ3n) is 6.19. The zero-order valence-electron chi connectivity index (χ0n) is 23.7. The van der Waals surface area contributed by atoms with Gasteiger partial charge in [-0.3, -0.25) is 14.1 Å². The molecule has 1 aliphatic heterocycles. The number of anilines is 1. The zero-order valence-corrected chi connectivity index (χ0v) is 25.3. The number of hydrogen-bond acceptors (Lipinski definition) is 11. The minimum atomic E-state index is -4.43. The van der Waals surface area contributed by atoms with Gasteiger partial charge in [0.05, 0.1) is 37.2 Å². The normalized spacial score (nSPS) is 13.5. The first-order chi connectivity index (χ1) is 19.8. The van der Waals surface area contributed by atoms with E-state index in [1.807, 2.05) is 0 Å². The molecule has 3 aromatic rings. The van der Waals surface area contributed by atoms with Crippen molar-refractivity contribution in [1.29, 1.82) is 0 Å². The van der Waals surface area contributed by atoms with E-state index >= 15 is 4.39 Å². The van der Waals surface area contributed by atoms with E-state index in [0.717, 1.165) is 21.7 Å². The summed E-state index contributed by atoms with van der Waals surface area (Å²) < 4.78 is 55.0. The van der Waals surface area contributed by atoms with E-state index in [-0.39, 0.29) is 52.4 Å². The molecular weight excluding hydrogens is 585 g/mol. The summed E-state index contributed by atoms with van der Waals surface area (Å²) in [5.74, 6) is -1.10. The molecule has 0 fully saturated rings. The molecule has 0 saturated carbocycles. The standard InChI is InChI=1S/C28H32FN5O6S2/c1-28(2,3)40-26(36)24-25(41-17-32-24)34(15-18-5-8-21(39-4)9-6-18)42(37,38)22-10-7-19(23(29)14-22)13-20(35)16-33-12-11-31-27(33)30/h5-10,14,17H,11-13,15-16H2,1-4H3,(H2,30,31). The van der Waals surface area contributed by atoms with Gasteiger partial charge in [-0.25, -0.2) is 22.6 Å². The Morgan fingerprint density at radius 1 is 1.17 bits per heavy atom. The molecule has 4 rings (SSSR count). The van der Waals surface area contributed by atoms with Gasteiger partial charge in [-0.05, 0) is 56.2 Å². The van der Waals surface area contributed by atoms with Crippen LogP contribution < -0.4 is 14.8 Å². The fourth-order valence-corrected chi connectivity index (χ4v) is 6.63. The van der Waals surface area contributed by atoms with Crippen LogP contribution in [-0.2, 0) is 32.5 Å². The van der Waals surface area contributed by atoms with E-state index in [2.05, 4.69) is 9.98 Å². The number of benzene rings is 2. The smallest absolute Gasteiger partial charge is 0.360 e. The molecule has 0 bridgehead atoms. The summed E-state index contributed by atoms with van der Waals surface area (Å²) in [4.78, 5) is 34.9. The van der Waals surface area contributed by atoms with Gasteiger partial charge < -0.3 is 20.1 Å². The molecule has 42 heavy (non-hydrogen) atoms. The Balaban J connectivity index is 1.66. The van der Waals surface area contributed by atoms with Crippen LogP contribution in [0.5, 0.6) is 5.75 Å². The molecule has 11 nitrogen and oxygen atoms in total. The molecule has 2 N–H and O–H groups in total. The van der Waals surface area contributed by atoms with Crippen LogP contribution in [0, 0.1) is 5.82 Å². The Bertz CT molecular complexity index is 1600. The Hall–Kier alpha value is -4.04. The lowest BCUT2D eigenvalue weighted by molar-refractivity contribution is -0.118. The number of aliphatic imine (C=N–C) groups is 1. The molecule has 14 heteroatoms. The van der Waals surface area contributed by atoms with Crippen molar-refractivity contribution in [2.75, 3.05) is 31.0 Å². The van der Waals surface area contributed by atoms with Gasteiger partial charge in [0, 0.05) is 13.0 Å². The summed E-state index contributed by atoms with van der Waals surface area (Å²) >= 11 is 0.939. The van der Waals surface area contributed by atoms with Crippen molar-refractivity contribution < 1.29 is 31.9 Å². The van der Waals surface area contributed by atoms with Crippen LogP contribution in [-0.4, -0.2) is 68.4 Å². The number of thiazole rings is 1. The highest BCUT2D eigenvalue weighted by Crippen LogP contribution is 2.34. The number of ether oxygens (including phenoxy) is 2. The Morgan fingerprint density at radius 3 is 2.48 bits per heavy atom. The lowest BCUT2D eigenvalue weighted by atomic mass is 10.1. The second kappa shape index (κ2) is 12.4. The summed E-state index contributed by atoms with van der Waals surface area (Å²) in [5, 5.41) is 0.0181. The maximum atomic E-state index is 15.2. The van der Waals surface area contributed by atoms with Crippen molar-refractivity contribution in [2.45, 2.75) is 44.2 Å². The number of carbonyl (C=O) groups excluding carboxylic acids is 2. The predicted molar refractivity (Wildman–Crippen MR) is 157 cm³/mol. The van der Waals surface area contributed by atoms with E-state index in [4.69, 9.17) is 15.2 Å². The van der Waals surface area contributed by atoms with Crippen molar-refractivity contribution in [3.05, 3.63) is 70.6 Å². The Morgan fingerprint density at radius 2 is 1.88 bits per heavy atom. The highest BCUT2D eigenvalue weighted by molar-refractivity contribution is 7.93. The largest absolute Gasteiger partial charge is 0.497 e. The van der Waals surface area contributed by atoms with Crippen LogP contribution in [0.4, 0.5) is 9.39 Å². The minimum Gasteiger partial charge on any atom is -0.497 e. The fourth-order valence-electron chi connectivity index (χ4n) is 4.15. The number of nitrogens with zero attached hydrogens (tertiary/aromatic N) is 4. The minimum absolute atomic E-state index is 0.0181. The first-order valence-corrected chi connectivity index (χ1v) is 15.3. The number of esters is 1. The van der Waals surface area contributed by atoms with Crippen LogP contribution in [0.25, 0.3) is 0 Å². The summed E-state index contributed by atoms with van der Waals surface area (Å²) in [5.41, 5.74) is 6.70. The third kappa shape index (κ3) is 7.23. The number of rotatable bonds is 11. The number of guanidine groups is 1. The number of nitrogens with two attached hydrogens (primary N) is 1. The van der Waals surface area contributed by atoms with Crippen LogP contribution in [0.15, 0.2) is 57.9 Å². The predicted octanol–water partition coefficient (Wildman–Crippen LogP) is 3.38. The Kier molecular flexibility index (Phi) is 9.16. The monoisotopic (exact) mass is 617 g/mol. The molecule has 1 aliphatic rings. The lowest BCUT2D eigenvalue weighted by Gasteiger charge is -2.25. The van der Waals surface area contributed by atoms with Crippen molar-refractivity contribution in [3.8, 4) is 5.75 Å². The quantitative estimate of drug-likeness (QED) is 0.320. The topological polar surface area (TPSA) is 144 Å². The van der Waals surface area contributed by atoms with Crippen molar-refractivity contribution in [2.24, 2.45) is 10.7 Å². The van der Waals surface area contributed by atoms with E-state index in [0.29, 0.717) is 24.4 Å². The van der Waals surface area contributed by atoms with Crippen LogP contribution in [0.3, 0.4) is 0 Å². The van der Waals surface area contributed by atoms with Gasteiger partial charge in [0.1, 0.15) is 22.2 Å².